The van der Waals surface area contributed by atoms with Crippen LogP contribution in [0.2, 0.25) is 0 Å². The molecule has 0 aliphatic heterocycles. The number of hydrogen-bond donors (Lipinski definition) is 2. The third kappa shape index (κ3) is 6.65. The molecule has 6 nitrogen and oxygen atoms in total. The lowest BCUT2D eigenvalue weighted by Crippen LogP contribution is -2.42. The highest BCUT2D eigenvalue weighted by Gasteiger charge is 2.23. The number of carbonyl (C=O) groups is 2. The molecular weight excluding hydrogens is 518 g/mol. The Morgan fingerprint density at radius 1 is 0.900 bits per heavy atom. The summed E-state index contributed by atoms with van der Waals surface area (Å²) in [6.45, 7) is 4.21. The first-order valence-corrected chi connectivity index (χ1v) is 14.8. The molecule has 40 heavy (non-hydrogen) atoms. The standard InChI is InChI=1S/C33H35N3O3S/c1-3-22-5-9-24(10-6-22)25-13-15-26(16-14-25)28-19-34-31(35-20-28)27-11-7-23(8-12-27)18-29(33(38)39)36-32(37)30-17-4-21(2)40-30/h4,7-8,11-17,19-20,22,24,29H,3,5-6,9-10,18H2,1-2H3,(H,36,37)(H,38,39)/t22-,24-,29-/m0/s1. The maximum absolute atomic E-state index is 12.5. The molecule has 1 amide bonds. The van der Waals surface area contributed by atoms with Gasteiger partial charge in [0.2, 0.25) is 0 Å². The zero-order chi connectivity index (χ0) is 28.1. The Labute approximate surface area is 239 Å². The van der Waals surface area contributed by atoms with Gasteiger partial charge in [0.1, 0.15) is 6.04 Å². The van der Waals surface area contributed by atoms with E-state index in [1.54, 1.807) is 6.07 Å². The normalized spacial score (nSPS) is 17.8. The number of rotatable bonds is 9. The molecule has 0 bridgehead atoms. The van der Waals surface area contributed by atoms with Crippen molar-refractivity contribution in [1.82, 2.24) is 15.3 Å². The van der Waals surface area contributed by atoms with Crippen molar-refractivity contribution in [2.24, 2.45) is 5.92 Å². The number of carboxylic acids is 1. The van der Waals surface area contributed by atoms with Crippen LogP contribution in [0, 0.1) is 12.8 Å². The highest BCUT2D eigenvalue weighted by atomic mass is 32.1. The number of nitrogens with zero attached hydrogens (tertiary/aromatic N) is 2. The van der Waals surface area contributed by atoms with Crippen LogP contribution in [0.1, 0.15) is 70.6 Å². The van der Waals surface area contributed by atoms with Crippen molar-refractivity contribution in [3.05, 3.63) is 93.9 Å². The number of carboxylic acid groups (broad SMARTS) is 1. The van der Waals surface area contributed by atoms with Crippen molar-refractivity contribution in [3.63, 3.8) is 0 Å². The average molecular weight is 554 g/mol. The van der Waals surface area contributed by atoms with Crippen LogP contribution < -0.4 is 5.32 Å². The fourth-order valence-electron chi connectivity index (χ4n) is 5.49. The van der Waals surface area contributed by atoms with Crippen molar-refractivity contribution in [3.8, 4) is 22.5 Å². The van der Waals surface area contributed by atoms with Gasteiger partial charge in [-0.2, -0.15) is 0 Å². The second-order valence-corrected chi connectivity index (χ2v) is 12.0. The molecule has 1 aliphatic carbocycles. The van der Waals surface area contributed by atoms with Gasteiger partial charge in [0.05, 0.1) is 4.88 Å². The average Bonchev–Trinajstić information content (AvgIpc) is 3.44. The number of benzene rings is 2. The molecule has 0 spiro atoms. The predicted octanol–water partition coefficient (Wildman–Crippen LogP) is 7.29. The summed E-state index contributed by atoms with van der Waals surface area (Å²) in [4.78, 5) is 34.9. The third-order valence-corrected chi connectivity index (χ3v) is 9.01. The first kappa shape index (κ1) is 27.7. The molecule has 7 heteroatoms. The quantitative estimate of drug-likeness (QED) is 0.227. The summed E-state index contributed by atoms with van der Waals surface area (Å²) in [5.74, 6) is 0.741. The number of aryl methyl sites for hydroxylation is 1. The summed E-state index contributed by atoms with van der Waals surface area (Å²) < 4.78 is 0. The molecular formula is C33H35N3O3S. The summed E-state index contributed by atoms with van der Waals surface area (Å²) in [6.07, 6.45) is 10.4. The Morgan fingerprint density at radius 3 is 2.12 bits per heavy atom. The van der Waals surface area contributed by atoms with Gasteiger partial charge in [0.15, 0.2) is 5.82 Å². The third-order valence-electron chi connectivity index (χ3n) is 8.01. The van der Waals surface area contributed by atoms with Crippen LogP contribution in [0.25, 0.3) is 22.5 Å². The maximum Gasteiger partial charge on any atom is 0.326 e. The number of carbonyl (C=O) groups excluding carboxylic acids is 1. The van der Waals surface area contributed by atoms with Crippen molar-refractivity contribution in [1.29, 1.82) is 0 Å². The van der Waals surface area contributed by atoms with Crippen molar-refractivity contribution < 1.29 is 14.7 Å². The highest BCUT2D eigenvalue weighted by Crippen LogP contribution is 2.37. The SMILES string of the molecule is CC[C@H]1CC[C@H](c2ccc(-c3cnc(-c4ccc(C[C@H](NC(=O)c5ccc(C)s5)C(=O)O)cc4)nc3)cc2)CC1. The molecule has 5 rings (SSSR count). The van der Waals surface area contributed by atoms with Crippen molar-refractivity contribution in [2.45, 2.75) is 64.3 Å². The van der Waals surface area contributed by atoms with Crippen molar-refractivity contribution >= 4 is 23.2 Å². The Hall–Kier alpha value is -3.84. The van der Waals surface area contributed by atoms with Crippen LogP contribution in [0.4, 0.5) is 0 Å². The molecule has 206 valence electrons. The summed E-state index contributed by atoms with van der Waals surface area (Å²) in [7, 11) is 0. The molecule has 1 fully saturated rings. The minimum atomic E-state index is -1.07. The van der Waals surface area contributed by atoms with Crippen LogP contribution in [-0.2, 0) is 11.2 Å². The minimum Gasteiger partial charge on any atom is -0.480 e. The Kier molecular flexibility index (Phi) is 8.70. The van der Waals surface area contributed by atoms with E-state index in [9.17, 15) is 14.7 Å². The van der Waals surface area contributed by atoms with E-state index in [1.807, 2.05) is 49.6 Å². The fraction of sp³-hybridized carbons (Fsp3) is 0.333. The lowest BCUT2D eigenvalue weighted by atomic mass is 9.78. The first-order valence-electron chi connectivity index (χ1n) is 14.0. The Morgan fingerprint density at radius 2 is 1.55 bits per heavy atom. The van der Waals surface area contributed by atoms with Crippen LogP contribution in [0.3, 0.4) is 0 Å². The summed E-state index contributed by atoms with van der Waals surface area (Å²) in [5.41, 5.74) is 5.16. The van der Waals surface area contributed by atoms with E-state index in [0.29, 0.717) is 16.6 Å². The van der Waals surface area contributed by atoms with Gasteiger partial charge in [0, 0.05) is 34.8 Å². The fourth-order valence-corrected chi connectivity index (χ4v) is 6.26. The van der Waals surface area contributed by atoms with Crippen LogP contribution in [0.5, 0.6) is 0 Å². The topological polar surface area (TPSA) is 92.2 Å². The van der Waals surface area contributed by atoms with Gasteiger partial charge < -0.3 is 10.4 Å². The first-order chi connectivity index (χ1) is 19.4. The molecule has 1 atom stereocenters. The Balaban J connectivity index is 1.20. The van der Waals surface area contributed by atoms with E-state index in [0.717, 1.165) is 33.0 Å². The molecule has 2 heterocycles. The number of nitrogens with one attached hydrogen (secondary N) is 1. The highest BCUT2D eigenvalue weighted by molar-refractivity contribution is 7.13. The number of thiophene rings is 1. The molecule has 0 radical (unpaired) electrons. The molecule has 4 aromatic rings. The molecule has 2 N–H and O–H groups in total. The zero-order valence-corrected chi connectivity index (χ0v) is 23.8. The molecule has 0 unspecified atom stereocenters. The molecule has 1 saturated carbocycles. The monoisotopic (exact) mass is 553 g/mol. The Bertz CT molecular complexity index is 1440. The summed E-state index contributed by atoms with van der Waals surface area (Å²) in [6, 6.07) is 18.9. The van der Waals surface area contributed by atoms with E-state index < -0.39 is 12.0 Å². The van der Waals surface area contributed by atoms with Gasteiger partial charge in [-0.05, 0) is 73.3 Å². The van der Waals surface area contributed by atoms with Crippen LogP contribution >= 0.6 is 11.3 Å². The van der Waals surface area contributed by atoms with E-state index in [-0.39, 0.29) is 12.3 Å². The van der Waals surface area contributed by atoms with Crippen molar-refractivity contribution in [2.75, 3.05) is 0 Å². The van der Waals surface area contributed by atoms with Gasteiger partial charge in [-0.1, -0.05) is 61.9 Å². The minimum absolute atomic E-state index is 0.182. The largest absolute Gasteiger partial charge is 0.480 e. The summed E-state index contributed by atoms with van der Waals surface area (Å²) >= 11 is 1.34. The summed E-state index contributed by atoms with van der Waals surface area (Å²) in [5, 5.41) is 12.3. The predicted molar refractivity (Wildman–Crippen MR) is 160 cm³/mol. The number of aliphatic carboxylic acids is 1. The number of hydrogen-bond acceptors (Lipinski definition) is 5. The smallest absolute Gasteiger partial charge is 0.326 e. The van der Waals surface area contributed by atoms with E-state index in [4.69, 9.17) is 0 Å². The van der Waals surface area contributed by atoms with Gasteiger partial charge >= 0.3 is 5.97 Å². The number of aromatic nitrogens is 2. The van der Waals surface area contributed by atoms with E-state index >= 15 is 0 Å². The van der Waals surface area contributed by atoms with Gasteiger partial charge in [-0.3, -0.25) is 4.79 Å². The maximum atomic E-state index is 12.5. The van der Waals surface area contributed by atoms with Gasteiger partial charge in [-0.15, -0.1) is 11.3 Å². The van der Waals surface area contributed by atoms with Crippen LogP contribution in [-0.4, -0.2) is 33.0 Å². The molecule has 2 aromatic heterocycles. The van der Waals surface area contributed by atoms with E-state index in [2.05, 4.69) is 46.5 Å². The number of amides is 1. The molecule has 2 aromatic carbocycles. The van der Waals surface area contributed by atoms with Crippen LogP contribution in [0.15, 0.2) is 73.1 Å². The second kappa shape index (κ2) is 12.6. The zero-order valence-electron chi connectivity index (χ0n) is 23.0. The lowest BCUT2D eigenvalue weighted by Gasteiger charge is -2.28. The molecule has 1 aliphatic rings. The molecule has 0 saturated heterocycles. The van der Waals surface area contributed by atoms with E-state index in [1.165, 1.54) is 49.0 Å². The lowest BCUT2D eigenvalue weighted by molar-refractivity contribution is -0.139. The second-order valence-electron chi connectivity index (χ2n) is 10.7. The van der Waals surface area contributed by atoms with Gasteiger partial charge in [0.25, 0.3) is 5.91 Å². The van der Waals surface area contributed by atoms with Gasteiger partial charge in [-0.25, -0.2) is 14.8 Å².